The first kappa shape index (κ1) is 13.9. The Morgan fingerprint density at radius 1 is 0.917 bits per heavy atom. The van der Waals surface area contributed by atoms with E-state index in [1.54, 1.807) is 11.3 Å². The fraction of sp³-hybridized carbons (Fsp3) is 0. The molecule has 5 aromatic rings. The van der Waals surface area contributed by atoms with Crippen molar-refractivity contribution < 1.29 is 0 Å². The summed E-state index contributed by atoms with van der Waals surface area (Å²) in [6.45, 7) is 0. The van der Waals surface area contributed by atoms with Crippen LogP contribution in [0.25, 0.3) is 42.5 Å². The predicted octanol–water partition coefficient (Wildman–Crippen LogP) is 6.32. The van der Waals surface area contributed by atoms with Crippen LogP contribution in [-0.2, 0) is 0 Å². The third-order valence-electron chi connectivity index (χ3n) is 4.20. The van der Waals surface area contributed by atoms with Crippen molar-refractivity contribution in [3.63, 3.8) is 0 Å². The first-order valence-electron chi connectivity index (χ1n) is 7.62. The van der Waals surface area contributed by atoms with E-state index >= 15 is 0 Å². The molecular formula is C20H11ClN2S. The van der Waals surface area contributed by atoms with Crippen LogP contribution in [0, 0.1) is 0 Å². The van der Waals surface area contributed by atoms with E-state index in [0.29, 0.717) is 5.02 Å². The molecule has 0 bridgehead atoms. The van der Waals surface area contributed by atoms with Crippen molar-refractivity contribution in [2.45, 2.75) is 0 Å². The van der Waals surface area contributed by atoms with Crippen LogP contribution in [0.1, 0.15) is 0 Å². The molecule has 0 unspecified atom stereocenters. The molecule has 3 aromatic carbocycles. The molecule has 114 valence electrons. The highest BCUT2D eigenvalue weighted by Crippen LogP contribution is 2.37. The van der Waals surface area contributed by atoms with E-state index in [2.05, 4.69) is 36.4 Å². The van der Waals surface area contributed by atoms with Gasteiger partial charge in [0.25, 0.3) is 0 Å². The minimum absolute atomic E-state index is 0.705. The smallest absolute Gasteiger partial charge is 0.143 e. The lowest BCUT2D eigenvalue weighted by Crippen LogP contribution is -1.86. The van der Waals surface area contributed by atoms with Gasteiger partial charge >= 0.3 is 0 Å². The third kappa shape index (κ3) is 2.09. The van der Waals surface area contributed by atoms with Crippen molar-refractivity contribution >= 4 is 54.1 Å². The molecule has 2 aromatic heterocycles. The van der Waals surface area contributed by atoms with Gasteiger partial charge in [-0.2, -0.15) is 0 Å². The number of thiophene rings is 1. The Hall–Kier alpha value is -2.49. The molecule has 0 atom stereocenters. The largest absolute Gasteiger partial charge is 0.251 e. The van der Waals surface area contributed by atoms with Gasteiger partial charge in [0.15, 0.2) is 0 Å². The first-order chi connectivity index (χ1) is 11.8. The van der Waals surface area contributed by atoms with Crippen LogP contribution in [0.15, 0.2) is 66.9 Å². The highest BCUT2D eigenvalue weighted by Gasteiger charge is 2.12. The van der Waals surface area contributed by atoms with Gasteiger partial charge in [0.05, 0.1) is 11.9 Å². The average Bonchev–Trinajstić information content (AvgIpc) is 3.00. The standard InChI is InChI=1S/C20H11ClN2S/c21-14-6-3-5-13(10-14)16-11-22-19-18-15-7-2-1-4-12(15)8-9-17(18)24-20(19)23-16/h1-11H. The van der Waals surface area contributed by atoms with Gasteiger partial charge in [-0.1, -0.05) is 54.1 Å². The molecule has 0 saturated heterocycles. The lowest BCUT2D eigenvalue weighted by molar-refractivity contribution is 1.32. The fourth-order valence-electron chi connectivity index (χ4n) is 3.09. The summed E-state index contributed by atoms with van der Waals surface area (Å²) < 4.78 is 1.21. The Balaban J connectivity index is 1.82. The molecule has 0 aliphatic heterocycles. The Bertz CT molecular complexity index is 1230. The van der Waals surface area contributed by atoms with Gasteiger partial charge in [-0.25, -0.2) is 4.98 Å². The Morgan fingerprint density at radius 3 is 2.75 bits per heavy atom. The van der Waals surface area contributed by atoms with E-state index in [-0.39, 0.29) is 0 Å². The normalized spacial score (nSPS) is 11.5. The molecule has 0 saturated carbocycles. The molecule has 0 N–H and O–H groups in total. The van der Waals surface area contributed by atoms with Gasteiger partial charge in [0.2, 0.25) is 0 Å². The topological polar surface area (TPSA) is 25.8 Å². The maximum Gasteiger partial charge on any atom is 0.143 e. The number of fused-ring (bicyclic) bond motifs is 5. The maximum atomic E-state index is 6.10. The second kappa shape index (κ2) is 5.26. The van der Waals surface area contributed by atoms with Crippen LogP contribution in [0.4, 0.5) is 0 Å². The van der Waals surface area contributed by atoms with Crippen molar-refractivity contribution in [1.82, 2.24) is 9.97 Å². The molecule has 2 heterocycles. The monoisotopic (exact) mass is 346 g/mol. The van der Waals surface area contributed by atoms with Crippen molar-refractivity contribution in [1.29, 1.82) is 0 Å². The zero-order valence-electron chi connectivity index (χ0n) is 12.5. The molecule has 0 radical (unpaired) electrons. The summed E-state index contributed by atoms with van der Waals surface area (Å²) in [7, 11) is 0. The van der Waals surface area contributed by atoms with Crippen LogP contribution in [-0.4, -0.2) is 9.97 Å². The quantitative estimate of drug-likeness (QED) is 0.355. The summed E-state index contributed by atoms with van der Waals surface area (Å²) in [6, 6.07) is 20.4. The summed E-state index contributed by atoms with van der Waals surface area (Å²) in [5.74, 6) is 0. The van der Waals surface area contributed by atoms with Crippen LogP contribution < -0.4 is 0 Å². The highest BCUT2D eigenvalue weighted by atomic mass is 35.5. The molecule has 0 amide bonds. The molecule has 2 nitrogen and oxygen atoms in total. The molecule has 0 aliphatic rings. The Morgan fingerprint density at radius 2 is 1.83 bits per heavy atom. The molecule has 5 rings (SSSR count). The van der Waals surface area contributed by atoms with Crippen LogP contribution in [0.2, 0.25) is 5.02 Å². The predicted molar refractivity (Wildman–Crippen MR) is 103 cm³/mol. The number of rotatable bonds is 1. The number of hydrogen-bond donors (Lipinski definition) is 0. The van der Waals surface area contributed by atoms with Crippen molar-refractivity contribution in [2.24, 2.45) is 0 Å². The van der Waals surface area contributed by atoms with Crippen molar-refractivity contribution in [2.75, 3.05) is 0 Å². The number of aromatic nitrogens is 2. The molecule has 0 spiro atoms. The Kier molecular flexibility index (Phi) is 3.05. The van der Waals surface area contributed by atoms with Gasteiger partial charge in [0, 0.05) is 20.7 Å². The second-order valence-electron chi connectivity index (χ2n) is 5.68. The van der Waals surface area contributed by atoms with Gasteiger partial charge in [-0.05, 0) is 29.0 Å². The summed E-state index contributed by atoms with van der Waals surface area (Å²) in [4.78, 5) is 10.5. The van der Waals surface area contributed by atoms with Gasteiger partial charge in [0.1, 0.15) is 10.3 Å². The average molecular weight is 347 g/mol. The van der Waals surface area contributed by atoms with Crippen LogP contribution in [0.5, 0.6) is 0 Å². The van der Waals surface area contributed by atoms with Gasteiger partial charge in [-0.3, -0.25) is 4.98 Å². The van der Waals surface area contributed by atoms with Gasteiger partial charge in [-0.15, -0.1) is 11.3 Å². The van der Waals surface area contributed by atoms with E-state index in [1.807, 2.05) is 30.5 Å². The summed E-state index contributed by atoms with van der Waals surface area (Å²) in [5.41, 5.74) is 2.80. The lowest BCUT2D eigenvalue weighted by Gasteiger charge is -2.02. The number of nitrogens with zero attached hydrogens (tertiary/aromatic N) is 2. The van der Waals surface area contributed by atoms with Gasteiger partial charge < -0.3 is 0 Å². The fourth-order valence-corrected chi connectivity index (χ4v) is 4.33. The first-order valence-corrected chi connectivity index (χ1v) is 8.82. The van der Waals surface area contributed by atoms with Crippen LogP contribution >= 0.6 is 22.9 Å². The minimum atomic E-state index is 0.705. The zero-order chi connectivity index (χ0) is 16.1. The van der Waals surface area contributed by atoms with Crippen molar-refractivity contribution in [3.8, 4) is 11.3 Å². The van der Waals surface area contributed by atoms with E-state index in [1.165, 1.54) is 20.9 Å². The van der Waals surface area contributed by atoms with Crippen LogP contribution in [0.3, 0.4) is 0 Å². The highest BCUT2D eigenvalue weighted by molar-refractivity contribution is 7.25. The second-order valence-corrected chi connectivity index (χ2v) is 7.15. The van der Waals surface area contributed by atoms with Crippen molar-refractivity contribution in [3.05, 3.63) is 71.9 Å². The number of hydrogen-bond acceptors (Lipinski definition) is 3. The zero-order valence-corrected chi connectivity index (χ0v) is 14.1. The maximum absolute atomic E-state index is 6.10. The third-order valence-corrected chi connectivity index (χ3v) is 5.47. The Labute approximate surface area is 147 Å². The number of benzene rings is 3. The summed E-state index contributed by atoms with van der Waals surface area (Å²) in [5, 5.41) is 4.35. The van der Waals surface area contributed by atoms with E-state index in [9.17, 15) is 0 Å². The number of halogens is 1. The summed E-state index contributed by atoms with van der Waals surface area (Å²) in [6.07, 6.45) is 1.84. The minimum Gasteiger partial charge on any atom is -0.251 e. The molecule has 0 aliphatic carbocycles. The lowest BCUT2D eigenvalue weighted by atomic mass is 10.1. The van der Waals surface area contributed by atoms with E-state index in [4.69, 9.17) is 21.6 Å². The molecular weight excluding hydrogens is 336 g/mol. The SMILES string of the molecule is Clc1cccc(-c2cnc3c(n2)sc2ccc4ccccc4c23)c1. The molecule has 24 heavy (non-hydrogen) atoms. The molecule has 4 heteroatoms. The summed E-state index contributed by atoms with van der Waals surface area (Å²) >= 11 is 7.78. The van der Waals surface area contributed by atoms with E-state index < -0.39 is 0 Å². The molecule has 0 fully saturated rings. The van der Waals surface area contributed by atoms with E-state index in [0.717, 1.165) is 21.6 Å².